The maximum absolute atomic E-state index is 4.56. The van der Waals surface area contributed by atoms with E-state index in [1.807, 2.05) is 31.0 Å². The molecule has 0 bridgehead atoms. The van der Waals surface area contributed by atoms with Gasteiger partial charge in [-0.05, 0) is 30.9 Å². The number of benzene rings is 1. The Morgan fingerprint density at radius 1 is 1.17 bits per heavy atom. The lowest BCUT2D eigenvalue weighted by Crippen LogP contribution is -1.86. The molecule has 3 aromatic rings. The van der Waals surface area contributed by atoms with Crippen molar-refractivity contribution in [2.75, 3.05) is 0 Å². The van der Waals surface area contributed by atoms with E-state index in [4.69, 9.17) is 0 Å². The van der Waals surface area contributed by atoms with Crippen molar-refractivity contribution in [2.45, 2.75) is 13.8 Å². The number of hydrogen-bond donors (Lipinski definition) is 0. The van der Waals surface area contributed by atoms with Gasteiger partial charge in [-0.2, -0.15) is 5.10 Å². The number of pyridine rings is 1. The fourth-order valence-corrected chi connectivity index (χ4v) is 2.32. The van der Waals surface area contributed by atoms with Crippen LogP contribution in [0.4, 0.5) is 0 Å². The molecule has 3 nitrogen and oxygen atoms in total. The highest BCUT2D eigenvalue weighted by atomic mass is 15.2. The summed E-state index contributed by atoms with van der Waals surface area (Å²) in [5.74, 6) is 0. The van der Waals surface area contributed by atoms with E-state index in [2.05, 4.69) is 41.3 Å². The third-order valence-electron chi connectivity index (χ3n) is 3.27. The first-order chi connectivity index (χ1) is 8.65. The lowest BCUT2D eigenvalue weighted by atomic mass is 10.1. The van der Waals surface area contributed by atoms with E-state index in [0.717, 1.165) is 17.0 Å². The molecule has 18 heavy (non-hydrogen) atoms. The van der Waals surface area contributed by atoms with Gasteiger partial charge in [-0.3, -0.25) is 9.67 Å². The summed E-state index contributed by atoms with van der Waals surface area (Å²) in [6.07, 6.45) is 3.96. The predicted octanol–water partition coefficient (Wildman–Crippen LogP) is 3.25. The van der Waals surface area contributed by atoms with E-state index >= 15 is 0 Å². The third kappa shape index (κ3) is 1.68. The molecule has 90 valence electrons. The number of fused-ring (bicyclic) bond motifs is 1. The van der Waals surface area contributed by atoms with Crippen LogP contribution < -0.4 is 0 Å². The number of rotatable bonds is 1. The molecule has 0 aliphatic carbocycles. The van der Waals surface area contributed by atoms with Crippen molar-refractivity contribution in [1.82, 2.24) is 14.8 Å². The Kier molecular flexibility index (Phi) is 2.40. The molecule has 0 amide bonds. The molecule has 3 rings (SSSR count). The summed E-state index contributed by atoms with van der Waals surface area (Å²) in [7, 11) is 1.93. The molecular weight excluding hydrogens is 222 g/mol. The summed E-state index contributed by atoms with van der Waals surface area (Å²) >= 11 is 0. The Morgan fingerprint density at radius 2 is 2.00 bits per heavy atom. The topological polar surface area (TPSA) is 30.7 Å². The van der Waals surface area contributed by atoms with Crippen molar-refractivity contribution in [3.05, 3.63) is 47.9 Å². The normalized spacial score (nSPS) is 11.1. The lowest BCUT2D eigenvalue weighted by Gasteiger charge is -2.04. The molecule has 0 radical (unpaired) electrons. The summed E-state index contributed by atoms with van der Waals surface area (Å²) in [5, 5.41) is 6.80. The first-order valence-corrected chi connectivity index (χ1v) is 6.01. The van der Waals surface area contributed by atoms with Gasteiger partial charge in [0.05, 0.1) is 11.4 Å². The van der Waals surface area contributed by atoms with Gasteiger partial charge in [0.1, 0.15) is 0 Å². The summed E-state index contributed by atoms with van der Waals surface area (Å²) in [6, 6.07) is 8.45. The molecule has 0 atom stereocenters. The Hall–Kier alpha value is -2.16. The van der Waals surface area contributed by atoms with E-state index in [-0.39, 0.29) is 0 Å². The number of nitrogens with zero attached hydrogens (tertiary/aromatic N) is 3. The Labute approximate surface area is 106 Å². The standard InChI is InChI=1S/C15H15N3/c1-10-5-4-6-12-7-15(16-8-13(10)12)14-9-18(3)17-11(14)2/h4-9H,1-3H3. The molecule has 0 N–H and O–H groups in total. The van der Waals surface area contributed by atoms with E-state index in [9.17, 15) is 0 Å². The highest BCUT2D eigenvalue weighted by Gasteiger charge is 2.08. The summed E-state index contributed by atoms with van der Waals surface area (Å²) < 4.78 is 1.83. The zero-order valence-corrected chi connectivity index (χ0v) is 10.8. The van der Waals surface area contributed by atoms with Gasteiger partial charge in [0.2, 0.25) is 0 Å². The Morgan fingerprint density at radius 3 is 2.72 bits per heavy atom. The fraction of sp³-hybridized carbons (Fsp3) is 0.200. The van der Waals surface area contributed by atoms with Gasteiger partial charge in [0.15, 0.2) is 0 Å². The van der Waals surface area contributed by atoms with E-state index in [1.54, 1.807) is 0 Å². The van der Waals surface area contributed by atoms with Gasteiger partial charge >= 0.3 is 0 Å². The predicted molar refractivity (Wildman–Crippen MR) is 73.4 cm³/mol. The zero-order valence-electron chi connectivity index (χ0n) is 10.8. The minimum Gasteiger partial charge on any atom is -0.275 e. The molecule has 0 aliphatic heterocycles. The molecule has 0 aliphatic rings. The molecule has 1 aromatic carbocycles. The van der Waals surface area contributed by atoms with Crippen molar-refractivity contribution in [3.8, 4) is 11.3 Å². The molecule has 3 heteroatoms. The maximum Gasteiger partial charge on any atom is 0.0742 e. The highest BCUT2D eigenvalue weighted by molar-refractivity contribution is 5.87. The van der Waals surface area contributed by atoms with Crippen molar-refractivity contribution in [2.24, 2.45) is 7.05 Å². The van der Waals surface area contributed by atoms with Crippen molar-refractivity contribution in [1.29, 1.82) is 0 Å². The second kappa shape index (κ2) is 3.95. The third-order valence-corrected chi connectivity index (χ3v) is 3.27. The van der Waals surface area contributed by atoms with Crippen molar-refractivity contribution >= 4 is 10.8 Å². The minimum atomic E-state index is 0.985. The molecule has 2 heterocycles. The van der Waals surface area contributed by atoms with Crippen LogP contribution in [0.2, 0.25) is 0 Å². The van der Waals surface area contributed by atoms with E-state index in [1.165, 1.54) is 16.3 Å². The van der Waals surface area contributed by atoms with Crippen molar-refractivity contribution in [3.63, 3.8) is 0 Å². The van der Waals surface area contributed by atoms with Crippen LogP contribution >= 0.6 is 0 Å². The average Bonchev–Trinajstić information content (AvgIpc) is 2.68. The van der Waals surface area contributed by atoms with Crippen LogP contribution in [0.15, 0.2) is 36.7 Å². The summed E-state index contributed by atoms with van der Waals surface area (Å²) in [5.41, 5.74) is 4.35. The van der Waals surface area contributed by atoms with E-state index in [0.29, 0.717) is 0 Å². The average molecular weight is 237 g/mol. The van der Waals surface area contributed by atoms with Crippen LogP contribution in [-0.4, -0.2) is 14.8 Å². The maximum atomic E-state index is 4.56. The van der Waals surface area contributed by atoms with Crippen LogP contribution in [0.1, 0.15) is 11.3 Å². The van der Waals surface area contributed by atoms with Gasteiger partial charge in [-0.25, -0.2) is 0 Å². The fourth-order valence-electron chi connectivity index (χ4n) is 2.32. The van der Waals surface area contributed by atoms with Gasteiger partial charge in [0.25, 0.3) is 0 Å². The van der Waals surface area contributed by atoms with Crippen LogP contribution in [0.25, 0.3) is 22.0 Å². The number of hydrogen-bond acceptors (Lipinski definition) is 2. The smallest absolute Gasteiger partial charge is 0.0742 e. The van der Waals surface area contributed by atoms with Crippen LogP contribution in [0.5, 0.6) is 0 Å². The quantitative estimate of drug-likeness (QED) is 0.650. The first-order valence-electron chi connectivity index (χ1n) is 6.01. The number of aryl methyl sites for hydroxylation is 3. The van der Waals surface area contributed by atoms with Gasteiger partial charge in [-0.15, -0.1) is 0 Å². The molecule has 2 aromatic heterocycles. The number of aromatic nitrogens is 3. The summed E-state index contributed by atoms with van der Waals surface area (Å²) in [6.45, 7) is 4.12. The molecule has 0 unspecified atom stereocenters. The molecule has 0 saturated heterocycles. The first kappa shape index (κ1) is 11.0. The van der Waals surface area contributed by atoms with Crippen LogP contribution in [0, 0.1) is 13.8 Å². The molecular formula is C15H15N3. The molecule has 0 fully saturated rings. The minimum absolute atomic E-state index is 0.985. The monoisotopic (exact) mass is 237 g/mol. The largest absolute Gasteiger partial charge is 0.275 e. The summed E-state index contributed by atoms with van der Waals surface area (Å²) in [4.78, 5) is 4.56. The van der Waals surface area contributed by atoms with Gasteiger partial charge in [-0.1, -0.05) is 18.2 Å². The lowest BCUT2D eigenvalue weighted by molar-refractivity contribution is 0.756. The van der Waals surface area contributed by atoms with Crippen LogP contribution in [-0.2, 0) is 7.05 Å². The molecule has 0 spiro atoms. The van der Waals surface area contributed by atoms with Crippen molar-refractivity contribution < 1.29 is 0 Å². The van der Waals surface area contributed by atoms with Gasteiger partial charge < -0.3 is 0 Å². The Balaban J connectivity index is 2.22. The second-order valence-electron chi connectivity index (χ2n) is 4.67. The van der Waals surface area contributed by atoms with Gasteiger partial charge in [0, 0.05) is 30.4 Å². The highest BCUT2D eigenvalue weighted by Crippen LogP contribution is 2.25. The Bertz CT molecular complexity index is 726. The van der Waals surface area contributed by atoms with Crippen LogP contribution in [0.3, 0.4) is 0 Å². The molecule has 0 saturated carbocycles. The SMILES string of the molecule is Cc1nn(C)cc1-c1cc2cccc(C)c2cn1. The second-order valence-corrected chi connectivity index (χ2v) is 4.67. The van der Waals surface area contributed by atoms with E-state index < -0.39 is 0 Å². The zero-order chi connectivity index (χ0) is 12.7.